The van der Waals surface area contributed by atoms with Crippen LogP contribution >= 0.6 is 0 Å². The highest BCUT2D eigenvalue weighted by Gasteiger charge is 2.07. The maximum absolute atomic E-state index is 11.6. The minimum Gasteiger partial charge on any atom is -0.497 e. The SMILES string of the molecule is COc1cccc(NC(=O)N(C)CCO)c1. The molecule has 2 amide bonds. The fraction of sp³-hybridized carbons (Fsp3) is 0.364. The molecule has 88 valence electrons. The van der Waals surface area contributed by atoms with Gasteiger partial charge in [-0.1, -0.05) is 6.07 Å². The average molecular weight is 224 g/mol. The van der Waals surface area contributed by atoms with Gasteiger partial charge >= 0.3 is 6.03 Å². The van der Waals surface area contributed by atoms with Gasteiger partial charge in [0.1, 0.15) is 5.75 Å². The number of anilines is 1. The fourth-order valence-corrected chi connectivity index (χ4v) is 1.17. The van der Waals surface area contributed by atoms with Crippen LogP contribution in [0.3, 0.4) is 0 Å². The van der Waals surface area contributed by atoms with Gasteiger partial charge in [-0.3, -0.25) is 0 Å². The van der Waals surface area contributed by atoms with Gasteiger partial charge in [0.05, 0.1) is 13.7 Å². The lowest BCUT2D eigenvalue weighted by atomic mass is 10.3. The Balaban J connectivity index is 2.61. The van der Waals surface area contributed by atoms with E-state index in [2.05, 4.69) is 5.32 Å². The summed E-state index contributed by atoms with van der Waals surface area (Å²) < 4.78 is 5.04. The number of likely N-dealkylation sites (N-methyl/N-ethyl adjacent to an activating group) is 1. The van der Waals surface area contributed by atoms with Crippen molar-refractivity contribution in [2.45, 2.75) is 0 Å². The molecular formula is C11H16N2O3. The quantitative estimate of drug-likeness (QED) is 0.806. The number of benzene rings is 1. The molecule has 0 aliphatic heterocycles. The Morgan fingerprint density at radius 3 is 2.94 bits per heavy atom. The zero-order chi connectivity index (χ0) is 12.0. The van der Waals surface area contributed by atoms with E-state index in [0.717, 1.165) is 0 Å². The van der Waals surface area contributed by atoms with E-state index in [1.54, 1.807) is 38.4 Å². The Morgan fingerprint density at radius 1 is 1.56 bits per heavy atom. The van der Waals surface area contributed by atoms with Crippen LogP contribution in [0.5, 0.6) is 5.75 Å². The Kier molecular flexibility index (Phi) is 4.60. The first-order valence-electron chi connectivity index (χ1n) is 4.94. The number of nitrogens with one attached hydrogen (secondary N) is 1. The molecule has 0 aliphatic carbocycles. The van der Waals surface area contributed by atoms with Gasteiger partial charge in [-0.15, -0.1) is 0 Å². The maximum Gasteiger partial charge on any atom is 0.321 e. The molecule has 0 heterocycles. The molecule has 0 fully saturated rings. The number of aliphatic hydroxyl groups excluding tert-OH is 1. The molecule has 0 atom stereocenters. The van der Waals surface area contributed by atoms with Crippen molar-refractivity contribution in [3.63, 3.8) is 0 Å². The Morgan fingerprint density at radius 2 is 2.31 bits per heavy atom. The predicted molar refractivity (Wildman–Crippen MR) is 61.7 cm³/mol. The van der Waals surface area contributed by atoms with E-state index in [-0.39, 0.29) is 12.6 Å². The lowest BCUT2D eigenvalue weighted by Gasteiger charge is -2.16. The molecule has 0 aromatic heterocycles. The topological polar surface area (TPSA) is 61.8 Å². The van der Waals surface area contributed by atoms with E-state index in [1.165, 1.54) is 4.90 Å². The summed E-state index contributed by atoms with van der Waals surface area (Å²) in [5.74, 6) is 0.683. The second-order valence-electron chi connectivity index (χ2n) is 3.31. The standard InChI is InChI=1S/C11H16N2O3/c1-13(6-7-14)11(15)12-9-4-3-5-10(8-9)16-2/h3-5,8,14H,6-7H2,1-2H3,(H,12,15). The molecule has 1 rings (SSSR count). The minimum absolute atomic E-state index is 0.0535. The van der Waals surface area contributed by atoms with Crippen LogP contribution in [-0.4, -0.2) is 43.3 Å². The van der Waals surface area contributed by atoms with Crippen molar-refractivity contribution in [2.75, 3.05) is 32.6 Å². The molecule has 0 bridgehead atoms. The lowest BCUT2D eigenvalue weighted by Crippen LogP contribution is -2.33. The average Bonchev–Trinajstić information content (AvgIpc) is 2.29. The molecule has 5 nitrogen and oxygen atoms in total. The summed E-state index contributed by atoms with van der Waals surface area (Å²) in [6, 6.07) is 6.83. The Hall–Kier alpha value is -1.75. The van der Waals surface area contributed by atoms with Crippen LogP contribution in [0.25, 0.3) is 0 Å². The van der Waals surface area contributed by atoms with Gasteiger partial charge in [-0.2, -0.15) is 0 Å². The lowest BCUT2D eigenvalue weighted by molar-refractivity contribution is 0.202. The molecule has 2 N–H and O–H groups in total. The van der Waals surface area contributed by atoms with Crippen LogP contribution in [0.1, 0.15) is 0 Å². The molecule has 5 heteroatoms. The third kappa shape index (κ3) is 3.43. The number of methoxy groups -OCH3 is 1. The third-order valence-corrected chi connectivity index (χ3v) is 2.10. The first-order valence-corrected chi connectivity index (χ1v) is 4.94. The van der Waals surface area contributed by atoms with E-state index >= 15 is 0 Å². The summed E-state index contributed by atoms with van der Waals surface area (Å²) in [5, 5.41) is 11.4. The maximum atomic E-state index is 11.6. The zero-order valence-electron chi connectivity index (χ0n) is 9.43. The first-order chi connectivity index (χ1) is 7.67. The molecule has 0 spiro atoms. The van der Waals surface area contributed by atoms with Crippen LogP contribution in [0.15, 0.2) is 24.3 Å². The largest absolute Gasteiger partial charge is 0.497 e. The van der Waals surface area contributed by atoms with Crippen molar-refractivity contribution in [1.29, 1.82) is 0 Å². The molecule has 0 saturated carbocycles. The number of rotatable bonds is 4. The predicted octanol–water partition coefficient (Wildman–Crippen LogP) is 1.15. The molecule has 1 aromatic carbocycles. The Bertz CT molecular complexity index is 355. The van der Waals surface area contributed by atoms with Crippen LogP contribution in [0.2, 0.25) is 0 Å². The van der Waals surface area contributed by atoms with Crippen molar-refractivity contribution in [3.05, 3.63) is 24.3 Å². The Labute approximate surface area is 94.6 Å². The second-order valence-corrected chi connectivity index (χ2v) is 3.31. The minimum atomic E-state index is -0.262. The number of ether oxygens (including phenoxy) is 1. The molecular weight excluding hydrogens is 208 g/mol. The van der Waals surface area contributed by atoms with E-state index in [9.17, 15) is 4.79 Å². The van der Waals surface area contributed by atoms with Crippen LogP contribution in [0, 0.1) is 0 Å². The third-order valence-electron chi connectivity index (χ3n) is 2.10. The summed E-state index contributed by atoms with van der Waals surface area (Å²) in [6.45, 7) is 0.248. The van der Waals surface area contributed by atoms with Gasteiger partial charge in [0.25, 0.3) is 0 Å². The molecule has 0 unspecified atom stereocenters. The van der Waals surface area contributed by atoms with E-state index in [1.807, 2.05) is 0 Å². The summed E-state index contributed by atoms with van der Waals surface area (Å²) in [6.07, 6.45) is 0. The summed E-state index contributed by atoms with van der Waals surface area (Å²) >= 11 is 0. The molecule has 0 radical (unpaired) electrons. The zero-order valence-corrected chi connectivity index (χ0v) is 9.43. The van der Waals surface area contributed by atoms with Crippen molar-refractivity contribution in [1.82, 2.24) is 4.90 Å². The normalized spacial score (nSPS) is 9.69. The van der Waals surface area contributed by atoms with Crippen LogP contribution < -0.4 is 10.1 Å². The van der Waals surface area contributed by atoms with E-state index < -0.39 is 0 Å². The summed E-state index contributed by atoms with van der Waals surface area (Å²) in [4.78, 5) is 13.0. The highest BCUT2D eigenvalue weighted by atomic mass is 16.5. The highest BCUT2D eigenvalue weighted by molar-refractivity contribution is 5.89. The van der Waals surface area contributed by atoms with Gasteiger partial charge in [-0.25, -0.2) is 4.79 Å². The van der Waals surface area contributed by atoms with E-state index in [0.29, 0.717) is 18.0 Å². The number of urea groups is 1. The van der Waals surface area contributed by atoms with Crippen molar-refractivity contribution in [3.8, 4) is 5.75 Å². The van der Waals surface area contributed by atoms with Crippen molar-refractivity contribution >= 4 is 11.7 Å². The van der Waals surface area contributed by atoms with Gasteiger partial charge in [0, 0.05) is 25.3 Å². The van der Waals surface area contributed by atoms with Crippen LogP contribution in [0.4, 0.5) is 10.5 Å². The number of hydrogen-bond acceptors (Lipinski definition) is 3. The second kappa shape index (κ2) is 5.97. The summed E-state index contributed by atoms with van der Waals surface area (Å²) in [5.41, 5.74) is 0.661. The van der Waals surface area contributed by atoms with Crippen molar-refractivity contribution < 1.29 is 14.6 Å². The van der Waals surface area contributed by atoms with E-state index in [4.69, 9.17) is 9.84 Å². The molecule has 0 aliphatic rings. The molecule has 16 heavy (non-hydrogen) atoms. The number of amides is 2. The van der Waals surface area contributed by atoms with Crippen LogP contribution in [-0.2, 0) is 0 Å². The fourth-order valence-electron chi connectivity index (χ4n) is 1.17. The number of aliphatic hydroxyl groups is 1. The summed E-state index contributed by atoms with van der Waals surface area (Å²) in [7, 11) is 3.19. The highest BCUT2D eigenvalue weighted by Crippen LogP contribution is 2.16. The number of carbonyl (C=O) groups excluding carboxylic acids is 1. The van der Waals surface area contributed by atoms with Crippen molar-refractivity contribution in [2.24, 2.45) is 0 Å². The van der Waals surface area contributed by atoms with Gasteiger partial charge < -0.3 is 20.1 Å². The van der Waals surface area contributed by atoms with Gasteiger partial charge in [0.2, 0.25) is 0 Å². The monoisotopic (exact) mass is 224 g/mol. The number of carbonyl (C=O) groups is 1. The first kappa shape index (κ1) is 12.3. The van der Waals surface area contributed by atoms with Gasteiger partial charge in [0.15, 0.2) is 0 Å². The molecule has 0 saturated heterocycles. The number of hydrogen-bond donors (Lipinski definition) is 2. The van der Waals surface area contributed by atoms with Gasteiger partial charge in [-0.05, 0) is 12.1 Å². The molecule has 1 aromatic rings. The smallest absolute Gasteiger partial charge is 0.321 e. The number of nitrogens with zero attached hydrogens (tertiary/aromatic N) is 1.